The molecule has 11 heteroatoms. The van der Waals surface area contributed by atoms with Crippen LogP contribution in [0.2, 0.25) is 0 Å². The zero-order valence-electron chi connectivity index (χ0n) is 40.5. The van der Waals surface area contributed by atoms with Crippen molar-refractivity contribution in [2.24, 2.45) is 23.7 Å². The number of hydrogen-bond acceptors (Lipinski definition) is 8. The number of aliphatic hydroxyl groups is 2. The number of aliphatic hydroxyl groups excluding tert-OH is 2. The van der Waals surface area contributed by atoms with Gasteiger partial charge in [-0.3, -0.25) is 9.59 Å². The van der Waals surface area contributed by atoms with E-state index < -0.39 is 16.4 Å². The van der Waals surface area contributed by atoms with Gasteiger partial charge in [-0.25, -0.2) is 9.97 Å². The molecule has 8 rings (SSSR count). The molecule has 370 valence electrons. The summed E-state index contributed by atoms with van der Waals surface area (Å²) in [5.41, 5.74) is 6.08. The maximum Gasteiger partial charge on any atom is 0.167 e. The van der Waals surface area contributed by atoms with Gasteiger partial charge in [-0.05, 0) is 78.3 Å². The van der Waals surface area contributed by atoms with Crippen molar-refractivity contribution in [3.63, 3.8) is 0 Å². The standard InChI is InChI=1S/C23H27NO2S.C15H19NO2S.C8H9.2C6H5.CH4.Bi.2ClH/c1-4-17-7-5-6-8-19(17)23-20(25)11-18(12-21(23)26)16(3)14-27-22-10-9-15(2)13-24-22;1-10-3-4-15(16-8-10)19-9-11(2)12-5-13(17)7-14(18)6-12;1-2-8-6-4-3-5-7-8;2*1-2-4-6-5-3-1;;;;/h5-10,13,16,18,25H,4,11-12,14H2,1-3H3;3-4,7-8,11-12,17H,5-6,9H2,1-2H3;3-6H,2H2,1H3;2*1-5H;1H4;;2*1H/q;;;;;;+2;;/p-2. The third kappa shape index (κ3) is 14.5. The van der Waals surface area contributed by atoms with E-state index in [0.717, 1.165) is 66.5 Å². The second-order valence-corrected chi connectivity index (χ2v) is 46.6. The molecule has 6 aromatic rings. The number of Topliss-reactive ketones (excluding diaryl/α,β-unsaturated/α-hetero) is 1. The van der Waals surface area contributed by atoms with Crippen LogP contribution in [-0.4, -0.2) is 59.6 Å². The summed E-state index contributed by atoms with van der Waals surface area (Å²) >= 11 is -1.25. The molecule has 4 unspecified atom stereocenters. The van der Waals surface area contributed by atoms with Crippen LogP contribution in [0.25, 0.3) is 5.57 Å². The maximum atomic E-state index is 12.9. The predicted molar refractivity (Wildman–Crippen MR) is 301 cm³/mol. The van der Waals surface area contributed by atoms with Crippen molar-refractivity contribution < 1.29 is 19.8 Å². The first-order valence-electron chi connectivity index (χ1n) is 23.8. The third-order valence-corrected chi connectivity index (χ3v) is 39.8. The number of ketones is 2. The molecule has 70 heavy (non-hydrogen) atoms. The summed E-state index contributed by atoms with van der Waals surface area (Å²) in [5, 5.41) is 22.2. The van der Waals surface area contributed by atoms with Crippen molar-refractivity contribution in [2.75, 3.05) is 11.5 Å². The fourth-order valence-corrected chi connectivity index (χ4v) is 30.6. The SMILES string of the molecule is C.CCc1cccc[c]1[Bi]([Cl])([Cl])([c]1ccccc1)[c]1ccccc1.CCc1ccccc1C1=C(O)CC(C(C)CSc2ccc(C)cn2)CC1=O.Cc1ccc(SCC(C)C2CC(=O)C=C(O)C2)nc1. The van der Waals surface area contributed by atoms with E-state index in [0.29, 0.717) is 43.1 Å². The maximum absolute atomic E-state index is 12.9. The Balaban J connectivity index is 0.000000197. The number of nitrogens with zero attached hydrogens (tertiary/aromatic N) is 2. The molecular weight excluding hydrogens is 1140 g/mol. The number of halogens is 2. The Bertz CT molecular complexity index is 2670. The number of thioether (sulfide) groups is 2. The minimum absolute atomic E-state index is 0. The van der Waals surface area contributed by atoms with Gasteiger partial charge in [0.15, 0.2) is 11.6 Å². The van der Waals surface area contributed by atoms with Crippen LogP contribution < -0.4 is 9.81 Å². The normalized spacial score (nSPS) is 17.3. The first-order valence-corrected chi connectivity index (χ1v) is 39.6. The number of carbonyl (C=O) groups excluding carboxylic acids is 2. The molecule has 0 saturated heterocycles. The van der Waals surface area contributed by atoms with E-state index in [1.165, 1.54) is 11.6 Å². The fourth-order valence-electron chi connectivity index (χ4n) is 8.79. The van der Waals surface area contributed by atoms with E-state index in [1.807, 2.05) is 105 Å². The molecule has 0 radical (unpaired) electrons. The molecule has 0 bridgehead atoms. The molecule has 6 nitrogen and oxygen atoms in total. The Labute approximate surface area is 434 Å². The van der Waals surface area contributed by atoms with Crippen molar-refractivity contribution in [1.29, 1.82) is 0 Å². The summed E-state index contributed by atoms with van der Waals surface area (Å²) in [5.74, 6) is 3.52. The van der Waals surface area contributed by atoms with Gasteiger partial charge in [0.1, 0.15) is 5.76 Å². The Morgan fingerprint density at radius 2 is 1.09 bits per heavy atom. The molecule has 2 N–H and O–H groups in total. The number of hydrogen-bond donors (Lipinski definition) is 2. The monoisotopic (exact) mass is 1210 g/mol. The molecular formula is C59H69BiCl2N2O4S2. The van der Waals surface area contributed by atoms with Crippen LogP contribution in [0.4, 0.5) is 0 Å². The molecule has 2 heterocycles. The second kappa shape index (κ2) is 26.5. The van der Waals surface area contributed by atoms with Crippen LogP contribution >= 0.6 is 40.5 Å². The summed E-state index contributed by atoms with van der Waals surface area (Å²) in [6.07, 6.45) is 9.11. The van der Waals surface area contributed by atoms with Crippen LogP contribution in [0.5, 0.6) is 0 Å². The Morgan fingerprint density at radius 3 is 1.56 bits per heavy atom. The number of allylic oxidation sites excluding steroid dienone is 4. The van der Waals surface area contributed by atoms with Crippen molar-refractivity contribution in [3.8, 4) is 0 Å². The Hall–Kier alpha value is -4.24. The summed E-state index contributed by atoms with van der Waals surface area (Å²) in [6, 6.07) is 44.8. The van der Waals surface area contributed by atoms with Crippen LogP contribution in [0.1, 0.15) is 88.6 Å². The molecule has 2 aliphatic rings. The number of rotatable bonds is 14. The van der Waals surface area contributed by atoms with E-state index in [2.05, 4.69) is 92.3 Å². The molecule has 2 aliphatic carbocycles. The average Bonchev–Trinajstić information content (AvgIpc) is 3.36. The molecule has 4 aromatic carbocycles. The molecule has 2 aromatic heterocycles. The predicted octanol–water partition coefficient (Wildman–Crippen LogP) is 13.9. The van der Waals surface area contributed by atoms with Gasteiger partial charge in [-0.15, -0.1) is 23.5 Å². The number of benzene rings is 4. The third-order valence-electron chi connectivity index (χ3n) is 13.0. The Morgan fingerprint density at radius 1 is 0.614 bits per heavy atom. The quantitative estimate of drug-likeness (QED) is 0.0822. The van der Waals surface area contributed by atoms with E-state index in [1.54, 1.807) is 23.5 Å². The van der Waals surface area contributed by atoms with Gasteiger partial charge < -0.3 is 10.2 Å². The van der Waals surface area contributed by atoms with Crippen molar-refractivity contribution in [3.05, 3.63) is 191 Å². The zero-order valence-corrected chi connectivity index (χ0v) is 47.1. The first-order chi connectivity index (χ1) is 33.1. The van der Waals surface area contributed by atoms with Gasteiger partial charge in [0, 0.05) is 55.7 Å². The van der Waals surface area contributed by atoms with Gasteiger partial charge in [0.2, 0.25) is 0 Å². The van der Waals surface area contributed by atoms with Crippen LogP contribution in [0, 0.1) is 37.5 Å². The number of aromatic nitrogens is 2. The van der Waals surface area contributed by atoms with E-state index in [9.17, 15) is 19.8 Å². The van der Waals surface area contributed by atoms with Gasteiger partial charge in [-0.1, -0.05) is 64.6 Å². The van der Waals surface area contributed by atoms with Crippen molar-refractivity contribution in [1.82, 2.24) is 9.97 Å². The molecule has 0 amide bonds. The van der Waals surface area contributed by atoms with E-state index >= 15 is 0 Å². The molecule has 0 fully saturated rings. The largest absolute Gasteiger partial charge is 0.512 e. The van der Waals surface area contributed by atoms with Gasteiger partial charge in [0.05, 0.1) is 21.4 Å². The number of aryl methyl sites for hydroxylation is 4. The molecule has 4 atom stereocenters. The van der Waals surface area contributed by atoms with Crippen LogP contribution in [0.3, 0.4) is 0 Å². The van der Waals surface area contributed by atoms with Gasteiger partial charge in [0.25, 0.3) is 0 Å². The molecule has 0 spiro atoms. The minimum atomic E-state index is -4.67. The van der Waals surface area contributed by atoms with Crippen LogP contribution in [-0.2, 0) is 22.4 Å². The van der Waals surface area contributed by atoms with E-state index in [4.69, 9.17) is 17.0 Å². The van der Waals surface area contributed by atoms with Gasteiger partial charge >= 0.3 is 147 Å². The summed E-state index contributed by atoms with van der Waals surface area (Å²) in [7, 11) is 15.1. The fraction of sp³-hybridized carbons (Fsp3) is 0.322. The van der Waals surface area contributed by atoms with E-state index in [-0.39, 0.29) is 42.3 Å². The second-order valence-electron chi connectivity index (χ2n) is 18.2. The summed E-state index contributed by atoms with van der Waals surface area (Å²) in [4.78, 5) is 33.1. The topological polar surface area (TPSA) is 100 Å². The first kappa shape index (κ1) is 56.7. The Kier molecular flexibility index (Phi) is 21.4. The zero-order chi connectivity index (χ0) is 49.6. The average molecular weight is 1210 g/mol. The minimum Gasteiger partial charge on any atom is -0.512 e. The van der Waals surface area contributed by atoms with Crippen LogP contribution in [0.15, 0.2) is 174 Å². The van der Waals surface area contributed by atoms with Crippen molar-refractivity contribution >= 4 is 83.9 Å². The summed E-state index contributed by atoms with van der Waals surface area (Å²) < 4.78 is 3.25. The smallest absolute Gasteiger partial charge is 0.167 e. The molecule has 0 aliphatic heterocycles. The van der Waals surface area contributed by atoms with Crippen molar-refractivity contribution in [2.45, 2.75) is 97.5 Å². The number of carbonyl (C=O) groups is 2. The summed E-state index contributed by atoms with van der Waals surface area (Å²) in [6.45, 7) is 12.6. The molecule has 0 saturated carbocycles. The van der Waals surface area contributed by atoms with Gasteiger partial charge in [-0.2, -0.15) is 0 Å². The number of pyridine rings is 2.